The highest BCUT2D eigenvalue weighted by Gasteiger charge is 2.18. The molecule has 2 N–H and O–H groups in total. The van der Waals surface area contributed by atoms with Crippen molar-refractivity contribution in [2.75, 3.05) is 6.61 Å². The highest BCUT2D eigenvalue weighted by Crippen LogP contribution is 2.17. The van der Waals surface area contributed by atoms with Crippen molar-refractivity contribution in [2.45, 2.75) is 33.2 Å². The number of rotatable bonds is 5. The number of carbonyl (C=O) groups excluding carboxylic acids is 1. The molecule has 0 aliphatic heterocycles. The summed E-state index contributed by atoms with van der Waals surface area (Å²) in [6.45, 7) is 5.98. The summed E-state index contributed by atoms with van der Waals surface area (Å²) in [5.74, 6) is 0.165. The molecule has 0 aromatic carbocycles. The van der Waals surface area contributed by atoms with Gasteiger partial charge in [-0.2, -0.15) is 0 Å². The molecule has 1 aromatic rings. The van der Waals surface area contributed by atoms with E-state index in [4.69, 9.17) is 5.11 Å². The first-order valence-corrected chi connectivity index (χ1v) is 6.46. The monoisotopic (exact) mass is 241 g/mol. The van der Waals surface area contributed by atoms with Crippen LogP contribution in [0.5, 0.6) is 0 Å². The van der Waals surface area contributed by atoms with Crippen molar-refractivity contribution >= 4 is 17.2 Å². The quantitative estimate of drug-likeness (QED) is 0.829. The molecule has 0 saturated heterocycles. The normalized spacial score (nSPS) is 12.8. The molecule has 1 rings (SSSR count). The number of carbonyl (C=O) groups is 1. The SMILES string of the molecule is CCc1ccsc1C(=O)NC(CO)C(C)C. The molecule has 0 spiro atoms. The predicted octanol–water partition coefficient (Wildman–Crippen LogP) is 2.06. The lowest BCUT2D eigenvalue weighted by Crippen LogP contribution is -2.41. The lowest BCUT2D eigenvalue weighted by atomic mass is 10.1. The average Bonchev–Trinajstić information content (AvgIpc) is 2.72. The maximum Gasteiger partial charge on any atom is 0.261 e. The molecule has 1 aromatic heterocycles. The Hall–Kier alpha value is -0.870. The van der Waals surface area contributed by atoms with Gasteiger partial charge >= 0.3 is 0 Å². The number of hydrogen-bond acceptors (Lipinski definition) is 3. The fourth-order valence-electron chi connectivity index (χ4n) is 1.47. The summed E-state index contributed by atoms with van der Waals surface area (Å²) in [6, 6.07) is 1.81. The van der Waals surface area contributed by atoms with Crippen molar-refractivity contribution in [3.8, 4) is 0 Å². The second-order valence-electron chi connectivity index (χ2n) is 4.14. The van der Waals surface area contributed by atoms with Gasteiger partial charge in [-0.3, -0.25) is 4.79 Å². The molecule has 1 amide bonds. The molecule has 3 nitrogen and oxygen atoms in total. The Morgan fingerprint density at radius 1 is 1.56 bits per heavy atom. The van der Waals surface area contributed by atoms with Gasteiger partial charge in [0, 0.05) is 0 Å². The first-order chi connectivity index (χ1) is 7.60. The molecule has 4 heteroatoms. The minimum atomic E-state index is -0.167. The van der Waals surface area contributed by atoms with Crippen molar-refractivity contribution in [3.63, 3.8) is 0 Å². The molecule has 0 bridgehead atoms. The highest BCUT2D eigenvalue weighted by atomic mass is 32.1. The third kappa shape index (κ3) is 3.06. The van der Waals surface area contributed by atoms with E-state index < -0.39 is 0 Å². The molecular formula is C12H19NO2S. The van der Waals surface area contributed by atoms with Crippen molar-refractivity contribution in [1.82, 2.24) is 5.32 Å². The molecule has 1 unspecified atom stereocenters. The lowest BCUT2D eigenvalue weighted by Gasteiger charge is -2.19. The van der Waals surface area contributed by atoms with Crippen LogP contribution in [0.15, 0.2) is 11.4 Å². The summed E-state index contributed by atoms with van der Waals surface area (Å²) in [6.07, 6.45) is 0.859. The lowest BCUT2D eigenvalue weighted by molar-refractivity contribution is 0.0900. The molecule has 16 heavy (non-hydrogen) atoms. The van der Waals surface area contributed by atoms with Gasteiger partial charge in [0.15, 0.2) is 0 Å². The van der Waals surface area contributed by atoms with E-state index >= 15 is 0 Å². The first kappa shape index (κ1) is 13.2. The molecule has 1 atom stereocenters. The van der Waals surface area contributed by atoms with Crippen molar-refractivity contribution in [1.29, 1.82) is 0 Å². The van der Waals surface area contributed by atoms with Crippen LogP contribution in [-0.4, -0.2) is 23.7 Å². The van der Waals surface area contributed by atoms with E-state index in [2.05, 4.69) is 5.32 Å². The van der Waals surface area contributed by atoms with E-state index in [1.54, 1.807) is 0 Å². The van der Waals surface area contributed by atoms with Crippen LogP contribution < -0.4 is 5.32 Å². The standard InChI is InChI=1S/C12H19NO2S/c1-4-9-5-6-16-11(9)12(15)13-10(7-14)8(2)3/h5-6,8,10,14H,4,7H2,1-3H3,(H,13,15). The largest absolute Gasteiger partial charge is 0.394 e. The Kier molecular flexibility index (Phi) is 4.96. The van der Waals surface area contributed by atoms with Gasteiger partial charge in [0.05, 0.1) is 17.5 Å². The molecule has 1 heterocycles. The minimum Gasteiger partial charge on any atom is -0.394 e. The summed E-state index contributed by atoms with van der Waals surface area (Å²) in [5, 5.41) is 14.0. The first-order valence-electron chi connectivity index (χ1n) is 5.58. The summed E-state index contributed by atoms with van der Waals surface area (Å²) in [7, 11) is 0. The Bertz CT molecular complexity index is 347. The maximum absolute atomic E-state index is 11.9. The molecule has 90 valence electrons. The Balaban J connectivity index is 2.71. The average molecular weight is 241 g/mol. The second kappa shape index (κ2) is 6.01. The van der Waals surface area contributed by atoms with Crippen LogP contribution in [-0.2, 0) is 6.42 Å². The second-order valence-corrected chi connectivity index (χ2v) is 5.05. The number of aryl methyl sites for hydroxylation is 1. The summed E-state index contributed by atoms with van der Waals surface area (Å²) >= 11 is 1.45. The Labute approximate surface area is 100 Å². The predicted molar refractivity (Wildman–Crippen MR) is 66.9 cm³/mol. The Morgan fingerprint density at radius 2 is 2.25 bits per heavy atom. The number of aliphatic hydroxyl groups is 1. The van der Waals surface area contributed by atoms with Gasteiger partial charge < -0.3 is 10.4 Å². The van der Waals surface area contributed by atoms with E-state index in [-0.39, 0.29) is 24.5 Å². The molecule has 0 radical (unpaired) electrons. The summed E-state index contributed by atoms with van der Waals surface area (Å²) in [5.41, 5.74) is 1.07. The van der Waals surface area contributed by atoms with E-state index in [1.165, 1.54) is 11.3 Å². The number of amides is 1. The van der Waals surface area contributed by atoms with E-state index in [1.807, 2.05) is 32.2 Å². The molecular weight excluding hydrogens is 222 g/mol. The van der Waals surface area contributed by atoms with Gasteiger partial charge in [0.25, 0.3) is 5.91 Å². The van der Waals surface area contributed by atoms with Crippen molar-refractivity contribution in [2.24, 2.45) is 5.92 Å². The third-order valence-corrected chi connectivity index (χ3v) is 3.61. The van der Waals surface area contributed by atoms with Crippen LogP contribution in [0.3, 0.4) is 0 Å². The summed E-state index contributed by atoms with van der Waals surface area (Å²) in [4.78, 5) is 12.7. The zero-order valence-electron chi connectivity index (χ0n) is 9.99. The number of aliphatic hydroxyl groups excluding tert-OH is 1. The van der Waals surface area contributed by atoms with Crippen molar-refractivity contribution in [3.05, 3.63) is 21.9 Å². The zero-order valence-corrected chi connectivity index (χ0v) is 10.8. The fraction of sp³-hybridized carbons (Fsp3) is 0.583. The van der Waals surface area contributed by atoms with Crippen LogP contribution in [0.2, 0.25) is 0 Å². The zero-order chi connectivity index (χ0) is 12.1. The smallest absolute Gasteiger partial charge is 0.261 e. The van der Waals surface area contributed by atoms with E-state index in [0.717, 1.165) is 16.9 Å². The number of hydrogen-bond donors (Lipinski definition) is 2. The minimum absolute atomic E-state index is 0.0176. The highest BCUT2D eigenvalue weighted by molar-refractivity contribution is 7.12. The topological polar surface area (TPSA) is 49.3 Å². The maximum atomic E-state index is 11.9. The van der Waals surface area contributed by atoms with Gasteiger partial charge in [0.1, 0.15) is 0 Å². The Morgan fingerprint density at radius 3 is 2.75 bits per heavy atom. The molecule has 0 fully saturated rings. The van der Waals surface area contributed by atoms with E-state index in [0.29, 0.717) is 0 Å². The van der Waals surface area contributed by atoms with Crippen molar-refractivity contribution < 1.29 is 9.90 Å². The fourth-order valence-corrected chi connectivity index (χ4v) is 2.37. The van der Waals surface area contributed by atoms with Gasteiger partial charge in [-0.05, 0) is 29.3 Å². The van der Waals surface area contributed by atoms with Crippen LogP contribution in [0, 0.1) is 5.92 Å². The molecule has 0 saturated carbocycles. The third-order valence-electron chi connectivity index (χ3n) is 2.65. The van der Waals surface area contributed by atoms with Gasteiger partial charge in [-0.25, -0.2) is 0 Å². The van der Waals surface area contributed by atoms with E-state index in [9.17, 15) is 4.79 Å². The number of thiophene rings is 1. The van der Waals surface area contributed by atoms with Crippen LogP contribution in [0.1, 0.15) is 36.0 Å². The number of nitrogens with one attached hydrogen (secondary N) is 1. The van der Waals surface area contributed by atoms with Gasteiger partial charge in [-0.15, -0.1) is 11.3 Å². The molecule has 0 aliphatic rings. The van der Waals surface area contributed by atoms with Crippen LogP contribution >= 0.6 is 11.3 Å². The van der Waals surface area contributed by atoms with Crippen LogP contribution in [0.25, 0.3) is 0 Å². The van der Waals surface area contributed by atoms with Gasteiger partial charge in [0.2, 0.25) is 0 Å². The molecule has 0 aliphatic carbocycles. The summed E-state index contributed by atoms with van der Waals surface area (Å²) < 4.78 is 0. The van der Waals surface area contributed by atoms with Gasteiger partial charge in [-0.1, -0.05) is 20.8 Å². The van der Waals surface area contributed by atoms with Crippen LogP contribution in [0.4, 0.5) is 0 Å².